The van der Waals surface area contributed by atoms with Crippen LogP contribution in [0.15, 0.2) is 48.5 Å². The Hall–Kier alpha value is -2.04. The van der Waals surface area contributed by atoms with Crippen LogP contribution in [0.2, 0.25) is 5.02 Å². The van der Waals surface area contributed by atoms with Crippen molar-refractivity contribution in [2.75, 3.05) is 10.6 Å². The van der Waals surface area contributed by atoms with E-state index >= 15 is 0 Å². The molecular weight excluding hydrogens is 322 g/mol. The van der Waals surface area contributed by atoms with Crippen LogP contribution in [-0.2, 0) is 4.79 Å². The number of halogens is 1. The average molecular weight is 346 g/mol. The lowest BCUT2D eigenvalue weighted by Crippen LogP contribution is -2.39. The van der Waals surface area contributed by atoms with Gasteiger partial charge in [0.25, 0.3) is 0 Å². The van der Waals surface area contributed by atoms with Crippen molar-refractivity contribution in [3.63, 3.8) is 0 Å². The summed E-state index contributed by atoms with van der Waals surface area (Å²) in [6, 6.07) is 15.1. The van der Waals surface area contributed by atoms with Crippen molar-refractivity contribution >= 4 is 28.9 Å². The summed E-state index contributed by atoms with van der Waals surface area (Å²) in [5.41, 5.74) is 8.48. The predicted molar refractivity (Wildman–Crippen MR) is 101 cm³/mol. The van der Waals surface area contributed by atoms with Crippen molar-refractivity contribution in [2.45, 2.75) is 32.9 Å². The molecule has 0 aliphatic rings. The van der Waals surface area contributed by atoms with Gasteiger partial charge in [0, 0.05) is 11.7 Å². The fraction of sp³-hybridized carbons (Fsp3) is 0.316. The summed E-state index contributed by atoms with van der Waals surface area (Å²) in [6.45, 7) is 5.90. The highest BCUT2D eigenvalue weighted by molar-refractivity contribution is 6.33. The lowest BCUT2D eigenvalue weighted by atomic mass is 10.0. The van der Waals surface area contributed by atoms with Crippen LogP contribution in [0.3, 0.4) is 0 Å². The molecule has 0 aliphatic carbocycles. The van der Waals surface area contributed by atoms with E-state index in [0.29, 0.717) is 10.7 Å². The molecule has 0 spiro atoms. The molecule has 2 aromatic rings. The molecule has 2 rings (SSSR count). The van der Waals surface area contributed by atoms with Gasteiger partial charge < -0.3 is 16.4 Å². The van der Waals surface area contributed by atoms with Gasteiger partial charge in [0.1, 0.15) is 0 Å². The number of amides is 1. The number of carbonyl (C=O) groups excluding carboxylic acids is 1. The number of nitrogens with two attached hydrogens (primary N) is 1. The van der Waals surface area contributed by atoms with Gasteiger partial charge in [-0.05, 0) is 36.6 Å². The van der Waals surface area contributed by atoms with Gasteiger partial charge in [-0.1, -0.05) is 55.8 Å². The van der Waals surface area contributed by atoms with Crippen molar-refractivity contribution in [2.24, 2.45) is 11.7 Å². The minimum absolute atomic E-state index is 0.0770. The van der Waals surface area contributed by atoms with Crippen molar-refractivity contribution < 1.29 is 4.79 Å². The Morgan fingerprint density at radius 2 is 1.75 bits per heavy atom. The molecule has 1 amide bonds. The number of carbonyl (C=O) groups is 1. The van der Waals surface area contributed by atoms with Crippen LogP contribution in [0.5, 0.6) is 0 Å². The zero-order chi connectivity index (χ0) is 17.7. The largest absolute Gasteiger partial charge is 0.377 e. The van der Waals surface area contributed by atoms with Crippen LogP contribution in [0.4, 0.5) is 11.4 Å². The average Bonchev–Trinajstić information content (AvgIpc) is 2.57. The standard InChI is InChI=1S/C19H24ClN3O/c1-12(2)18(21)19(24)23-15-9-10-17(16(20)11-15)22-13(3)14-7-5-4-6-8-14/h4-13,18,22H,21H2,1-3H3,(H,23,24)/t13?,18-/m0/s1. The number of benzene rings is 2. The molecule has 0 heterocycles. The van der Waals surface area contributed by atoms with E-state index in [4.69, 9.17) is 17.3 Å². The van der Waals surface area contributed by atoms with Gasteiger partial charge in [-0.2, -0.15) is 0 Å². The first-order chi connectivity index (χ1) is 11.4. The fourth-order valence-corrected chi connectivity index (χ4v) is 2.53. The van der Waals surface area contributed by atoms with Gasteiger partial charge in [0.05, 0.1) is 16.8 Å². The molecule has 0 fully saturated rings. The smallest absolute Gasteiger partial charge is 0.241 e. The number of hydrogen-bond acceptors (Lipinski definition) is 3. The maximum Gasteiger partial charge on any atom is 0.241 e. The molecule has 2 aromatic carbocycles. The lowest BCUT2D eigenvalue weighted by Gasteiger charge is -2.18. The number of rotatable bonds is 6. The van der Waals surface area contributed by atoms with E-state index < -0.39 is 6.04 Å². The summed E-state index contributed by atoms with van der Waals surface area (Å²) in [7, 11) is 0. The van der Waals surface area contributed by atoms with Crippen LogP contribution >= 0.6 is 11.6 Å². The molecule has 0 radical (unpaired) electrons. The quantitative estimate of drug-likeness (QED) is 0.725. The maximum absolute atomic E-state index is 12.0. The molecule has 4 nitrogen and oxygen atoms in total. The summed E-state index contributed by atoms with van der Waals surface area (Å²) in [5.74, 6) is -0.132. The summed E-state index contributed by atoms with van der Waals surface area (Å²) in [6.07, 6.45) is 0. The highest BCUT2D eigenvalue weighted by Gasteiger charge is 2.17. The third-order valence-corrected chi connectivity index (χ3v) is 4.24. The topological polar surface area (TPSA) is 67.1 Å². The van der Waals surface area contributed by atoms with Crippen molar-refractivity contribution in [1.29, 1.82) is 0 Å². The Morgan fingerprint density at radius 1 is 1.08 bits per heavy atom. The van der Waals surface area contributed by atoms with Gasteiger partial charge >= 0.3 is 0 Å². The molecule has 0 aliphatic heterocycles. The molecular formula is C19H24ClN3O. The van der Waals surface area contributed by atoms with Crippen molar-refractivity contribution in [1.82, 2.24) is 0 Å². The third kappa shape index (κ3) is 4.73. The molecule has 5 heteroatoms. The Kier molecular flexibility index (Phi) is 6.23. The first-order valence-corrected chi connectivity index (χ1v) is 8.43. The minimum atomic E-state index is -0.542. The highest BCUT2D eigenvalue weighted by Crippen LogP contribution is 2.29. The summed E-state index contributed by atoms with van der Waals surface area (Å²) in [4.78, 5) is 12.0. The van der Waals surface area contributed by atoms with E-state index in [1.54, 1.807) is 6.07 Å². The van der Waals surface area contributed by atoms with E-state index in [0.717, 1.165) is 5.69 Å². The predicted octanol–water partition coefficient (Wildman–Crippen LogP) is 4.43. The number of anilines is 2. The van der Waals surface area contributed by atoms with Gasteiger partial charge in [-0.15, -0.1) is 0 Å². The highest BCUT2D eigenvalue weighted by atomic mass is 35.5. The Morgan fingerprint density at radius 3 is 2.33 bits per heavy atom. The van der Waals surface area contributed by atoms with E-state index in [2.05, 4.69) is 29.7 Å². The van der Waals surface area contributed by atoms with Crippen LogP contribution in [0.25, 0.3) is 0 Å². The normalized spacial score (nSPS) is 13.4. The first-order valence-electron chi connectivity index (χ1n) is 8.06. The zero-order valence-corrected chi connectivity index (χ0v) is 15.0. The van der Waals surface area contributed by atoms with Crippen molar-refractivity contribution in [3.05, 3.63) is 59.1 Å². The van der Waals surface area contributed by atoms with E-state index in [9.17, 15) is 4.79 Å². The van der Waals surface area contributed by atoms with Gasteiger partial charge in [0.15, 0.2) is 0 Å². The number of hydrogen-bond donors (Lipinski definition) is 3. The SMILES string of the molecule is CC(Nc1ccc(NC(=O)[C@@H](N)C(C)C)cc1Cl)c1ccccc1. The second-order valence-corrected chi connectivity index (χ2v) is 6.64. The molecule has 0 bridgehead atoms. The van der Waals surface area contributed by atoms with E-state index in [1.807, 2.05) is 44.2 Å². The molecule has 24 heavy (non-hydrogen) atoms. The number of nitrogens with one attached hydrogen (secondary N) is 2. The molecule has 2 atom stereocenters. The third-order valence-electron chi connectivity index (χ3n) is 3.93. The monoisotopic (exact) mass is 345 g/mol. The maximum atomic E-state index is 12.0. The van der Waals surface area contributed by atoms with Crippen LogP contribution in [0, 0.1) is 5.92 Å². The summed E-state index contributed by atoms with van der Waals surface area (Å²) in [5, 5.41) is 6.73. The van der Waals surface area contributed by atoms with Crippen LogP contribution < -0.4 is 16.4 Å². The molecule has 1 unspecified atom stereocenters. The summed E-state index contributed by atoms with van der Waals surface area (Å²) < 4.78 is 0. The van der Waals surface area contributed by atoms with Crippen LogP contribution in [0.1, 0.15) is 32.4 Å². The van der Waals surface area contributed by atoms with E-state index in [-0.39, 0.29) is 17.9 Å². The first kappa shape index (κ1) is 18.3. The Bertz CT molecular complexity index is 688. The molecule has 4 N–H and O–H groups in total. The van der Waals surface area contributed by atoms with E-state index in [1.165, 1.54) is 5.56 Å². The molecule has 0 saturated heterocycles. The minimum Gasteiger partial charge on any atom is -0.377 e. The molecule has 128 valence electrons. The molecule has 0 aromatic heterocycles. The van der Waals surface area contributed by atoms with Gasteiger partial charge in [0.2, 0.25) is 5.91 Å². The van der Waals surface area contributed by atoms with Crippen molar-refractivity contribution in [3.8, 4) is 0 Å². The molecule has 0 saturated carbocycles. The van der Waals surface area contributed by atoms with Gasteiger partial charge in [-0.3, -0.25) is 4.79 Å². The summed E-state index contributed by atoms with van der Waals surface area (Å²) >= 11 is 6.34. The Balaban J connectivity index is 2.06. The fourth-order valence-electron chi connectivity index (χ4n) is 2.30. The lowest BCUT2D eigenvalue weighted by molar-refractivity contribution is -0.118. The Labute approximate surface area is 148 Å². The second kappa shape index (κ2) is 8.18. The zero-order valence-electron chi connectivity index (χ0n) is 14.2. The second-order valence-electron chi connectivity index (χ2n) is 6.23. The van der Waals surface area contributed by atoms with Crippen LogP contribution in [-0.4, -0.2) is 11.9 Å². The van der Waals surface area contributed by atoms with Gasteiger partial charge in [-0.25, -0.2) is 0 Å².